The van der Waals surface area contributed by atoms with Gasteiger partial charge >= 0.3 is 6.61 Å². The average molecular weight is 461 g/mol. The third kappa shape index (κ3) is 4.77. The molecular weight excluding hydrogens is 444 g/mol. The third-order valence-electron chi connectivity index (χ3n) is 4.30. The van der Waals surface area contributed by atoms with Gasteiger partial charge in [0.25, 0.3) is 0 Å². The predicted octanol–water partition coefficient (Wildman–Crippen LogP) is 3.36. The topological polar surface area (TPSA) is 113 Å². The fourth-order valence-electron chi connectivity index (χ4n) is 2.82. The molecule has 32 heavy (non-hydrogen) atoms. The van der Waals surface area contributed by atoms with Gasteiger partial charge in [-0.05, 0) is 46.8 Å². The standard InChI is InChI=1S/C19H17F2N7O3S/c1-29-13-7-8-14(15(9-13)30-2)17-22-19(25-24-17)32-10-16-23-26-27-28(16)11-3-5-12(6-4-11)31-18(20)21/h3-9,18H,10H2,1-2H3,(H,22,24,25). The number of aromatic amines is 1. The molecule has 0 bridgehead atoms. The molecule has 0 saturated carbocycles. The smallest absolute Gasteiger partial charge is 0.387 e. The first kappa shape index (κ1) is 21.5. The number of thioether (sulfide) groups is 1. The fraction of sp³-hybridized carbons (Fsp3) is 0.211. The Hall–Kier alpha value is -3.74. The Bertz CT molecular complexity index is 1180. The van der Waals surface area contributed by atoms with Crippen LogP contribution in [0.3, 0.4) is 0 Å². The van der Waals surface area contributed by atoms with E-state index in [1.807, 2.05) is 6.07 Å². The highest BCUT2D eigenvalue weighted by atomic mass is 32.2. The molecule has 0 aliphatic heterocycles. The molecule has 0 saturated heterocycles. The number of hydrogen-bond acceptors (Lipinski definition) is 9. The molecule has 0 amide bonds. The van der Waals surface area contributed by atoms with Crippen molar-refractivity contribution in [3.05, 3.63) is 48.3 Å². The molecule has 0 aliphatic carbocycles. The van der Waals surface area contributed by atoms with Gasteiger partial charge in [-0.3, -0.25) is 5.10 Å². The molecule has 4 aromatic rings. The molecule has 2 heterocycles. The Balaban J connectivity index is 1.46. The molecule has 0 spiro atoms. The first-order valence-electron chi connectivity index (χ1n) is 9.17. The number of ether oxygens (including phenoxy) is 3. The maximum absolute atomic E-state index is 12.3. The van der Waals surface area contributed by atoms with Gasteiger partial charge < -0.3 is 14.2 Å². The first-order chi connectivity index (χ1) is 15.6. The zero-order valence-corrected chi connectivity index (χ0v) is 17.7. The number of tetrazole rings is 1. The molecule has 4 rings (SSSR count). The Morgan fingerprint density at radius 3 is 2.56 bits per heavy atom. The summed E-state index contributed by atoms with van der Waals surface area (Å²) in [6.45, 7) is -2.88. The second-order valence-electron chi connectivity index (χ2n) is 6.20. The van der Waals surface area contributed by atoms with Crippen LogP contribution < -0.4 is 14.2 Å². The summed E-state index contributed by atoms with van der Waals surface area (Å²) in [6, 6.07) is 11.4. The van der Waals surface area contributed by atoms with E-state index in [-0.39, 0.29) is 5.75 Å². The summed E-state index contributed by atoms with van der Waals surface area (Å²) in [5.74, 6) is 2.77. The number of benzene rings is 2. The van der Waals surface area contributed by atoms with Crippen LogP contribution in [0.5, 0.6) is 17.2 Å². The van der Waals surface area contributed by atoms with Crippen molar-refractivity contribution in [2.75, 3.05) is 14.2 Å². The lowest BCUT2D eigenvalue weighted by molar-refractivity contribution is -0.0498. The molecule has 0 fully saturated rings. The van der Waals surface area contributed by atoms with Crippen LogP contribution in [0.4, 0.5) is 8.78 Å². The van der Waals surface area contributed by atoms with E-state index in [0.717, 1.165) is 5.56 Å². The normalized spacial score (nSPS) is 11.0. The molecule has 0 atom stereocenters. The lowest BCUT2D eigenvalue weighted by atomic mass is 10.2. The molecule has 0 radical (unpaired) electrons. The zero-order valence-electron chi connectivity index (χ0n) is 16.9. The van der Waals surface area contributed by atoms with Gasteiger partial charge in [0.15, 0.2) is 11.6 Å². The van der Waals surface area contributed by atoms with E-state index in [2.05, 4.69) is 35.4 Å². The molecular formula is C19H17F2N7O3S. The summed E-state index contributed by atoms with van der Waals surface area (Å²) < 4.78 is 41.1. The number of nitrogens with one attached hydrogen (secondary N) is 1. The number of methoxy groups -OCH3 is 2. The number of alkyl halides is 2. The molecule has 13 heteroatoms. The minimum absolute atomic E-state index is 0.0509. The van der Waals surface area contributed by atoms with E-state index in [9.17, 15) is 8.78 Å². The van der Waals surface area contributed by atoms with Crippen molar-refractivity contribution in [1.29, 1.82) is 0 Å². The molecule has 166 valence electrons. The second-order valence-corrected chi connectivity index (χ2v) is 7.14. The summed E-state index contributed by atoms with van der Waals surface area (Å²) in [5.41, 5.74) is 1.34. The second kappa shape index (κ2) is 9.60. The number of rotatable bonds is 9. The fourth-order valence-corrected chi connectivity index (χ4v) is 3.52. The number of nitrogens with zero attached hydrogens (tertiary/aromatic N) is 6. The maximum atomic E-state index is 12.3. The monoisotopic (exact) mass is 461 g/mol. The summed E-state index contributed by atoms with van der Waals surface area (Å²) >= 11 is 1.33. The van der Waals surface area contributed by atoms with Crippen LogP contribution in [0.2, 0.25) is 0 Å². The molecule has 2 aromatic heterocycles. The van der Waals surface area contributed by atoms with E-state index in [1.165, 1.54) is 28.6 Å². The number of halogens is 2. The minimum atomic E-state index is -2.88. The molecule has 0 unspecified atom stereocenters. The third-order valence-corrected chi connectivity index (χ3v) is 5.14. The van der Waals surface area contributed by atoms with Crippen molar-refractivity contribution in [2.24, 2.45) is 0 Å². The highest BCUT2D eigenvalue weighted by molar-refractivity contribution is 7.98. The SMILES string of the molecule is COc1ccc(-c2nc(SCc3nnnn3-c3ccc(OC(F)F)cc3)n[nH]2)c(OC)c1. The lowest BCUT2D eigenvalue weighted by Gasteiger charge is -2.07. The van der Waals surface area contributed by atoms with Crippen LogP contribution >= 0.6 is 11.8 Å². The minimum Gasteiger partial charge on any atom is -0.497 e. The van der Waals surface area contributed by atoms with Crippen LogP contribution in [-0.2, 0) is 5.75 Å². The van der Waals surface area contributed by atoms with Crippen molar-refractivity contribution in [2.45, 2.75) is 17.5 Å². The van der Waals surface area contributed by atoms with Gasteiger partial charge in [0.1, 0.15) is 17.2 Å². The summed E-state index contributed by atoms with van der Waals surface area (Å²) in [4.78, 5) is 4.50. The Morgan fingerprint density at radius 1 is 1.06 bits per heavy atom. The van der Waals surface area contributed by atoms with Crippen LogP contribution in [0.1, 0.15) is 5.82 Å². The molecule has 2 aromatic carbocycles. The van der Waals surface area contributed by atoms with Crippen LogP contribution in [0.15, 0.2) is 47.6 Å². The van der Waals surface area contributed by atoms with E-state index in [4.69, 9.17) is 9.47 Å². The van der Waals surface area contributed by atoms with Gasteiger partial charge in [-0.25, -0.2) is 4.98 Å². The van der Waals surface area contributed by atoms with E-state index in [0.29, 0.717) is 39.7 Å². The van der Waals surface area contributed by atoms with Crippen molar-refractivity contribution in [3.8, 4) is 34.3 Å². The number of aromatic nitrogens is 7. The van der Waals surface area contributed by atoms with E-state index < -0.39 is 6.61 Å². The Labute approximate surface area is 184 Å². The Morgan fingerprint density at radius 2 is 1.84 bits per heavy atom. The number of hydrogen-bond donors (Lipinski definition) is 1. The summed E-state index contributed by atoms with van der Waals surface area (Å²) in [5, 5.41) is 19.3. The average Bonchev–Trinajstić information content (AvgIpc) is 3.47. The molecule has 1 N–H and O–H groups in total. The van der Waals surface area contributed by atoms with Crippen molar-refractivity contribution >= 4 is 11.8 Å². The van der Waals surface area contributed by atoms with E-state index in [1.54, 1.807) is 38.5 Å². The van der Waals surface area contributed by atoms with Crippen LogP contribution in [0.25, 0.3) is 17.1 Å². The van der Waals surface area contributed by atoms with Gasteiger partial charge in [0.2, 0.25) is 5.16 Å². The summed E-state index contributed by atoms with van der Waals surface area (Å²) in [7, 11) is 3.15. The number of H-pyrrole nitrogens is 1. The Kier molecular flexibility index (Phi) is 6.44. The maximum Gasteiger partial charge on any atom is 0.387 e. The largest absolute Gasteiger partial charge is 0.497 e. The van der Waals surface area contributed by atoms with Crippen molar-refractivity contribution < 1.29 is 23.0 Å². The zero-order chi connectivity index (χ0) is 22.5. The first-order valence-corrected chi connectivity index (χ1v) is 10.2. The van der Waals surface area contributed by atoms with Crippen molar-refractivity contribution in [3.63, 3.8) is 0 Å². The molecule has 0 aliphatic rings. The van der Waals surface area contributed by atoms with E-state index >= 15 is 0 Å². The summed E-state index contributed by atoms with van der Waals surface area (Å²) in [6.07, 6.45) is 0. The van der Waals surface area contributed by atoms with Gasteiger partial charge in [-0.15, -0.1) is 10.2 Å². The van der Waals surface area contributed by atoms with Gasteiger partial charge in [0.05, 0.1) is 31.2 Å². The predicted molar refractivity (Wildman–Crippen MR) is 110 cm³/mol. The highest BCUT2D eigenvalue weighted by Crippen LogP contribution is 2.32. The van der Waals surface area contributed by atoms with Crippen LogP contribution in [-0.4, -0.2) is 56.2 Å². The van der Waals surface area contributed by atoms with Crippen LogP contribution in [0, 0.1) is 0 Å². The van der Waals surface area contributed by atoms with Crippen molar-refractivity contribution in [1.82, 2.24) is 35.4 Å². The highest BCUT2D eigenvalue weighted by Gasteiger charge is 2.15. The van der Waals surface area contributed by atoms with Gasteiger partial charge in [0, 0.05) is 6.07 Å². The quantitative estimate of drug-likeness (QED) is 0.375. The van der Waals surface area contributed by atoms with Gasteiger partial charge in [-0.2, -0.15) is 13.5 Å². The molecule has 10 nitrogen and oxygen atoms in total. The van der Waals surface area contributed by atoms with Gasteiger partial charge in [-0.1, -0.05) is 11.8 Å². The lowest BCUT2D eigenvalue weighted by Crippen LogP contribution is -2.04.